The third-order valence-electron chi connectivity index (χ3n) is 2.19. The van der Waals surface area contributed by atoms with Gasteiger partial charge in [0.05, 0.1) is 12.7 Å². The molecule has 1 rings (SSSR count). The molecule has 1 aromatic rings. The molecule has 0 fully saturated rings. The quantitative estimate of drug-likeness (QED) is 0.603. The highest BCUT2D eigenvalue weighted by Gasteiger charge is 2.04. The van der Waals surface area contributed by atoms with Gasteiger partial charge in [0.2, 0.25) is 0 Å². The lowest BCUT2D eigenvalue weighted by molar-refractivity contribution is 0.199. The van der Waals surface area contributed by atoms with E-state index in [0.717, 1.165) is 16.9 Å². The van der Waals surface area contributed by atoms with E-state index in [9.17, 15) is 5.11 Å². The summed E-state index contributed by atoms with van der Waals surface area (Å²) in [5.41, 5.74) is 1.92. The lowest BCUT2D eigenvalue weighted by Gasteiger charge is -2.10. The fourth-order valence-electron chi connectivity index (χ4n) is 1.31. The van der Waals surface area contributed by atoms with E-state index in [-0.39, 0.29) is 0 Å². The lowest BCUT2D eigenvalue weighted by Crippen LogP contribution is -1.99. The summed E-state index contributed by atoms with van der Waals surface area (Å²) >= 11 is 0. The molecule has 15 heavy (non-hydrogen) atoms. The number of aliphatic hydroxyl groups excluding tert-OH is 1. The molecule has 0 unspecified atom stereocenters. The van der Waals surface area contributed by atoms with Crippen molar-refractivity contribution in [2.75, 3.05) is 6.61 Å². The predicted molar refractivity (Wildman–Crippen MR) is 60.8 cm³/mol. The van der Waals surface area contributed by atoms with E-state index in [0.29, 0.717) is 13.0 Å². The Morgan fingerprint density at radius 1 is 1.53 bits per heavy atom. The van der Waals surface area contributed by atoms with Gasteiger partial charge in [-0.05, 0) is 37.1 Å². The Hall–Kier alpha value is -1.46. The molecule has 0 aromatic heterocycles. The Kier molecular flexibility index (Phi) is 4.20. The molecular weight excluding hydrogens is 188 g/mol. The molecule has 0 aliphatic carbocycles. The summed E-state index contributed by atoms with van der Waals surface area (Å²) in [6.07, 6.45) is 5.30. The SMILES string of the molecule is C#CCCOc1ccc([C@@H](C)O)cc1C. The topological polar surface area (TPSA) is 29.5 Å². The van der Waals surface area contributed by atoms with Crippen LogP contribution in [-0.4, -0.2) is 11.7 Å². The molecule has 0 amide bonds. The van der Waals surface area contributed by atoms with Crippen LogP contribution in [0.5, 0.6) is 5.75 Å². The van der Waals surface area contributed by atoms with Gasteiger partial charge in [-0.25, -0.2) is 0 Å². The summed E-state index contributed by atoms with van der Waals surface area (Å²) in [6, 6.07) is 5.66. The molecule has 0 heterocycles. The van der Waals surface area contributed by atoms with Crippen LogP contribution in [0.4, 0.5) is 0 Å². The number of rotatable bonds is 4. The van der Waals surface area contributed by atoms with Crippen LogP contribution < -0.4 is 4.74 Å². The molecule has 1 atom stereocenters. The minimum absolute atomic E-state index is 0.441. The Bertz CT molecular complexity index is 361. The second-order valence-corrected chi connectivity index (χ2v) is 3.50. The predicted octanol–water partition coefficient (Wildman–Crippen LogP) is 2.45. The third-order valence-corrected chi connectivity index (χ3v) is 2.19. The van der Waals surface area contributed by atoms with Crippen LogP contribution >= 0.6 is 0 Å². The fraction of sp³-hybridized carbons (Fsp3) is 0.385. The number of aryl methyl sites for hydroxylation is 1. The highest BCUT2D eigenvalue weighted by Crippen LogP contribution is 2.22. The number of hydrogen-bond donors (Lipinski definition) is 1. The van der Waals surface area contributed by atoms with Gasteiger partial charge in [0.25, 0.3) is 0 Å². The van der Waals surface area contributed by atoms with Crippen LogP contribution in [0.25, 0.3) is 0 Å². The van der Waals surface area contributed by atoms with Crippen molar-refractivity contribution >= 4 is 0 Å². The monoisotopic (exact) mass is 204 g/mol. The largest absolute Gasteiger partial charge is 0.492 e. The highest BCUT2D eigenvalue weighted by atomic mass is 16.5. The van der Waals surface area contributed by atoms with Crippen LogP contribution in [0.3, 0.4) is 0 Å². The molecule has 0 spiro atoms. The Balaban J connectivity index is 2.71. The van der Waals surface area contributed by atoms with E-state index >= 15 is 0 Å². The smallest absolute Gasteiger partial charge is 0.122 e. The first kappa shape index (κ1) is 11.6. The number of hydrogen-bond acceptors (Lipinski definition) is 2. The normalized spacial score (nSPS) is 11.9. The van der Waals surface area contributed by atoms with Crippen molar-refractivity contribution in [3.05, 3.63) is 29.3 Å². The van der Waals surface area contributed by atoms with Gasteiger partial charge < -0.3 is 9.84 Å². The van der Waals surface area contributed by atoms with E-state index < -0.39 is 6.10 Å². The molecule has 1 N–H and O–H groups in total. The number of ether oxygens (including phenoxy) is 1. The standard InChI is InChI=1S/C13H16O2/c1-4-5-8-15-13-7-6-12(11(3)14)9-10(13)2/h1,6-7,9,11,14H,5,8H2,2-3H3/t11-/m1/s1. The zero-order chi connectivity index (χ0) is 11.3. The zero-order valence-corrected chi connectivity index (χ0v) is 9.16. The molecule has 0 radical (unpaired) electrons. The van der Waals surface area contributed by atoms with Crippen molar-refractivity contribution in [3.63, 3.8) is 0 Å². The third kappa shape index (κ3) is 3.30. The maximum absolute atomic E-state index is 9.39. The first-order chi connectivity index (χ1) is 7.15. The highest BCUT2D eigenvalue weighted by molar-refractivity contribution is 5.36. The maximum atomic E-state index is 9.39. The average Bonchev–Trinajstić information content (AvgIpc) is 2.20. The van der Waals surface area contributed by atoms with Gasteiger partial charge in [0.15, 0.2) is 0 Å². The number of benzene rings is 1. The molecule has 1 aromatic carbocycles. The van der Waals surface area contributed by atoms with Crippen molar-refractivity contribution in [2.24, 2.45) is 0 Å². The lowest BCUT2D eigenvalue weighted by atomic mass is 10.1. The van der Waals surface area contributed by atoms with Crippen molar-refractivity contribution in [1.29, 1.82) is 0 Å². The van der Waals surface area contributed by atoms with E-state index in [4.69, 9.17) is 11.2 Å². The van der Waals surface area contributed by atoms with Crippen LogP contribution in [0.1, 0.15) is 30.6 Å². The van der Waals surface area contributed by atoms with E-state index in [1.807, 2.05) is 25.1 Å². The number of aliphatic hydroxyl groups is 1. The summed E-state index contributed by atoms with van der Waals surface area (Å²) in [5.74, 6) is 3.35. The number of terminal acetylenes is 1. The molecule has 80 valence electrons. The molecule has 0 saturated carbocycles. The van der Waals surface area contributed by atoms with Gasteiger partial charge in [0.1, 0.15) is 5.75 Å². The van der Waals surface area contributed by atoms with E-state index in [1.54, 1.807) is 6.92 Å². The molecule has 2 heteroatoms. The van der Waals surface area contributed by atoms with E-state index in [1.165, 1.54) is 0 Å². The zero-order valence-electron chi connectivity index (χ0n) is 9.16. The molecule has 0 bridgehead atoms. The van der Waals surface area contributed by atoms with Gasteiger partial charge in [-0.3, -0.25) is 0 Å². The van der Waals surface area contributed by atoms with Gasteiger partial charge >= 0.3 is 0 Å². The second kappa shape index (κ2) is 5.43. The Morgan fingerprint density at radius 2 is 2.27 bits per heavy atom. The van der Waals surface area contributed by atoms with Gasteiger partial charge in [-0.2, -0.15) is 0 Å². The van der Waals surface area contributed by atoms with Crippen LogP contribution in [-0.2, 0) is 0 Å². The van der Waals surface area contributed by atoms with Crippen LogP contribution in [0.15, 0.2) is 18.2 Å². The first-order valence-electron chi connectivity index (χ1n) is 5.00. The van der Waals surface area contributed by atoms with Crippen molar-refractivity contribution in [1.82, 2.24) is 0 Å². The minimum Gasteiger partial charge on any atom is -0.492 e. The second-order valence-electron chi connectivity index (χ2n) is 3.50. The minimum atomic E-state index is -0.441. The molecule has 0 saturated heterocycles. The van der Waals surface area contributed by atoms with Crippen molar-refractivity contribution < 1.29 is 9.84 Å². The van der Waals surface area contributed by atoms with Crippen molar-refractivity contribution in [3.8, 4) is 18.1 Å². The maximum Gasteiger partial charge on any atom is 0.122 e. The Morgan fingerprint density at radius 3 is 2.80 bits per heavy atom. The molecule has 0 aliphatic heterocycles. The van der Waals surface area contributed by atoms with Crippen LogP contribution in [0, 0.1) is 19.3 Å². The average molecular weight is 204 g/mol. The van der Waals surface area contributed by atoms with Gasteiger partial charge in [0, 0.05) is 6.42 Å². The summed E-state index contributed by atoms with van der Waals surface area (Å²) in [6.45, 7) is 4.23. The first-order valence-corrected chi connectivity index (χ1v) is 5.00. The molecule has 2 nitrogen and oxygen atoms in total. The van der Waals surface area contributed by atoms with Gasteiger partial charge in [-0.15, -0.1) is 12.3 Å². The van der Waals surface area contributed by atoms with Crippen molar-refractivity contribution in [2.45, 2.75) is 26.4 Å². The fourth-order valence-corrected chi connectivity index (χ4v) is 1.31. The van der Waals surface area contributed by atoms with Crippen LogP contribution in [0.2, 0.25) is 0 Å². The Labute approximate surface area is 90.9 Å². The summed E-state index contributed by atoms with van der Waals surface area (Å²) in [5, 5.41) is 9.39. The van der Waals surface area contributed by atoms with Gasteiger partial charge in [-0.1, -0.05) is 6.07 Å². The molecule has 0 aliphatic rings. The summed E-state index contributed by atoms with van der Waals surface area (Å²) in [4.78, 5) is 0. The summed E-state index contributed by atoms with van der Waals surface area (Å²) < 4.78 is 5.49. The summed E-state index contributed by atoms with van der Waals surface area (Å²) in [7, 11) is 0. The van der Waals surface area contributed by atoms with E-state index in [2.05, 4.69) is 5.92 Å². The molecular formula is C13H16O2.